The van der Waals surface area contributed by atoms with Crippen molar-refractivity contribution in [3.8, 4) is 0 Å². The van der Waals surface area contributed by atoms with E-state index in [0.717, 1.165) is 25.1 Å². The molecule has 2 unspecified atom stereocenters. The Morgan fingerprint density at radius 1 is 1.57 bits per heavy atom. The maximum Gasteiger partial charge on any atom is 0.108 e. The van der Waals surface area contributed by atoms with Crippen LogP contribution in [0.3, 0.4) is 0 Å². The number of hydrogen-bond acceptors (Lipinski definition) is 2. The van der Waals surface area contributed by atoms with Crippen LogP contribution in [0.2, 0.25) is 0 Å². The van der Waals surface area contributed by atoms with Crippen molar-refractivity contribution >= 4 is 0 Å². The van der Waals surface area contributed by atoms with E-state index in [9.17, 15) is 0 Å². The molecule has 0 aliphatic heterocycles. The number of imidazole rings is 1. The van der Waals surface area contributed by atoms with Crippen LogP contribution in [0.15, 0.2) is 12.4 Å². The van der Waals surface area contributed by atoms with Crippen molar-refractivity contribution in [2.24, 2.45) is 18.7 Å². The van der Waals surface area contributed by atoms with Crippen LogP contribution in [0, 0.1) is 5.92 Å². The zero-order valence-corrected chi connectivity index (χ0v) is 9.40. The molecule has 1 aromatic rings. The molecule has 3 heteroatoms. The van der Waals surface area contributed by atoms with Crippen molar-refractivity contribution in [2.45, 2.75) is 39.2 Å². The van der Waals surface area contributed by atoms with Gasteiger partial charge in [0.15, 0.2) is 0 Å². The van der Waals surface area contributed by atoms with Gasteiger partial charge in [-0.25, -0.2) is 4.98 Å². The predicted octanol–water partition coefficient (Wildman–Crippen LogP) is 1.73. The van der Waals surface area contributed by atoms with E-state index in [-0.39, 0.29) is 0 Å². The fourth-order valence-electron chi connectivity index (χ4n) is 1.52. The van der Waals surface area contributed by atoms with Gasteiger partial charge in [0.05, 0.1) is 0 Å². The van der Waals surface area contributed by atoms with Crippen molar-refractivity contribution in [3.05, 3.63) is 18.2 Å². The molecule has 0 saturated carbocycles. The second kappa shape index (κ2) is 5.15. The fourth-order valence-corrected chi connectivity index (χ4v) is 1.52. The molecular formula is C11H21N3. The molecule has 14 heavy (non-hydrogen) atoms. The maximum absolute atomic E-state index is 6.06. The highest BCUT2D eigenvalue weighted by Crippen LogP contribution is 2.11. The van der Waals surface area contributed by atoms with Gasteiger partial charge in [0.2, 0.25) is 0 Å². The third-order valence-electron chi connectivity index (χ3n) is 3.00. The first-order valence-corrected chi connectivity index (χ1v) is 5.37. The van der Waals surface area contributed by atoms with Crippen LogP contribution >= 0.6 is 0 Å². The summed E-state index contributed by atoms with van der Waals surface area (Å²) in [4.78, 5) is 4.28. The van der Waals surface area contributed by atoms with Gasteiger partial charge in [-0.15, -0.1) is 0 Å². The van der Waals surface area contributed by atoms with E-state index in [1.54, 1.807) is 0 Å². The summed E-state index contributed by atoms with van der Waals surface area (Å²) in [6.07, 6.45) is 6.98. The summed E-state index contributed by atoms with van der Waals surface area (Å²) in [6.45, 7) is 4.40. The van der Waals surface area contributed by atoms with Gasteiger partial charge in [0.25, 0.3) is 0 Å². The summed E-state index contributed by atoms with van der Waals surface area (Å²) >= 11 is 0. The van der Waals surface area contributed by atoms with Crippen molar-refractivity contribution in [1.82, 2.24) is 9.55 Å². The summed E-state index contributed by atoms with van der Waals surface area (Å²) in [5, 5.41) is 0. The van der Waals surface area contributed by atoms with Crippen LogP contribution in [-0.4, -0.2) is 15.6 Å². The second-order valence-corrected chi connectivity index (χ2v) is 4.04. The fraction of sp³-hybridized carbons (Fsp3) is 0.727. The molecule has 3 nitrogen and oxygen atoms in total. The number of aryl methyl sites for hydroxylation is 2. The molecule has 2 N–H and O–H groups in total. The van der Waals surface area contributed by atoms with Crippen LogP contribution in [0.4, 0.5) is 0 Å². The zero-order valence-electron chi connectivity index (χ0n) is 9.40. The van der Waals surface area contributed by atoms with E-state index < -0.39 is 0 Å². The van der Waals surface area contributed by atoms with E-state index in [0.29, 0.717) is 12.0 Å². The predicted molar refractivity (Wildman–Crippen MR) is 59.0 cm³/mol. The summed E-state index contributed by atoms with van der Waals surface area (Å²) < 4.78 is 2.06. The van der Waals surface area contributed by atoms with Crippen molar-refractivity contribution in [2.75, 3.05) is 0 Å². The molecule has 0 radical (unpaired) electrons. The second-order valence-electron chi connectivity index (χ2n) is 4.04. The first-order chi connectivity index (χ1) is 6.65. The molecule has 0 amide bonds. The third kappa shape index (κ3) is 2.84. The van der Waals surface area contributed by atoms with E-state index >= 15 is 0 Å². The molecule has 1 heterocycles. The van der Waals surface area contributed by atoms with Gasteiger partial charge in [-0.2, -0.15) is 0 Å². The van der Waals surface area contributed by atoms with Gasteiger partial charge in [-0.05, 0) is 12.3 Å². The third-order valence-corrected chi connectivity index (χ3v) is 3.00. The molecule has 1 rings (SSSR count). The standard InChI is InChI=1S/C11H21N3/c1-4-9(2)10(12)5-6-11-13-7-8-14(11)3/h7-10H,4-6,12H2,1-3H3. The van der Waals surface area contributed by atoms with E-state index in [1.165, 1.54) is 0 Å². The summed E-state index contributed by atoms with van der Waals surface area (Å²) in [5.74, 6) is 1.74. The Morgan fingerprint density at radius 2 is 2.29 bits per heavy atom. The van der Waals surface area contributed by atoms with Gasteiger partial charge < -0.3 is 10.3 Å². The highest BCUT2D eigenvalue weighted by atomic mass is 15.0. The Morgan fingerprint density at radius 3 is 2.79 bits per heavy atom. The molecule has 80 valence electrons. The molecule has 0 aliphatic carbocycles. The molecular weight excluding hydrogens is 174 g/mol. The first-order valence-electron chi connectivity index (χ1n) is 5.37. The molecule has 0 aliphatic rings. The Bertz CT molecular complexity index is 267. The lowest BCUT2D eigenvalue weighted by molar-refractivity contribution is 0.416. The van der Waals surface area contributed by atoms with Gasteiger partial charge in [0.1, 0.15) is 5.82 Å². The number of aromatic nitrogens is 2. The first kappa shape index (κ1) is 11.2. The zero-order chi connectivity index (χ0) is 10.6. The largest absolute Gasteiger partial charge is 0.338 e. The van der Waals surface area contributed by atoms with E-state index in [1.807, 2.05) is 19.4 Å². The lowest BCUT2D eigenvalue weighted by Gasteiger charge is -2.17. The Labute approximate surface area is 86.3 Å². The Kier molecular flexibility index (Phi) is 4.14. The topological polar surface area (TPSA) is 43.8 Å². The molecule has 1 aromatic heterocycles. The van der Waals surface area contributed by atoms with Crippen molar-refractivity contribution < 1.29 is 0 Å². The van der Waals surface area contributed by atoms with Gasteiger partial charge in [0, 0.05) is 31.9 Å². The average Bonchev–Trinajstić information content (AvgIpc) is 2.59. The normalized spacial score (nSPS) is 15.4. The lowest BCUT2D eigenvalue weighted by Crippen LogP contribution is -2.28. The minimum Gasteiger partial charge on any atom is -0.338 e. The molecule has 0 fully saturated rings. The molecule has 0 aromatic carbocycles. The number of nitrogens with zero attached hydrogens (tertiary/aromatic N) is 2. The smallest absolute Gasteiger partial charge is 0.108 e. The van der Waals surface area contributed by atoms with Crippen LogP contribution in [0.25, 0.3) is 0 Å². The minimum atomic E-state index is 0.302. The van der Waals surface area contributed by atoms with Crippen molar-refractivity contribution in [3.63, 3.8) is 0 Å². The van der Waals surface area contributed by atoms with Crippen molar-refractivity contribution in [1.29, 1.82) is 0 Å². The minimum absolute atomic E-state index is 0.302. The van der Waals surface area contributed by atoms with E-state index in [2.05, 4.69) is 23.4 Å². The van der Waals surface area contributed by atoms with Gasteiger partial charge >= 0.3 is 0 Å². The quantitative estimate of drug-likeness (QED) is 0.777. The Balaban J connectivity index is 2.37. The highest BCUT2D eigenvalue weighted by molar-refractivity contribution is 4.92. The number of hydrogen-bond donors (Lipinski definition) is 1. The highest BCUT2D eigenvalue weighted by Gasteiger charge is 2.11. The molecule has 0 bridgehead atoms. The van der Waals surface area contributed by atoms with Crippen LogP contribution in [0.5, 0.6) is 0 Å². The molecule has 0 saturated heterocycles. The van der Waals surface area contributed by atoms with Crippen LogP contribution in [-0.2, 0) is 13.5 Å². The number of nitrogens with two attached hydrogens (primary N) is 1. The Hall–Kier alpha value is -0.830. The summed E-state index contributed by atoms with van der Waals surface area (Å²) in [7, 11) is 2.02. The van der Waals surface area contributed by atoms with Gasteiger partial charge in [-0.3, -0.25) is 0 Å². The average molecular weight is 195 g/mol. The maximum atomic E-state index is 6.06. The molecule has 0 spiro atoms. The summed E-state index contributed by atoms with van der Waals surface area (Å²) in [5.41, 5.74) is 6.06. The van der Waals surface area contributed by atoms with E-state index in [4.69, 9.17) is 5.73 Å². The van der Waals surface area contributed by atoms with Gasteiger partial charge in [-0.1, -0.05) is 20.3 Å². The summed E-state index contributed by atoms with van der Waals surface area (Å²) in [6, 6.07) is 0.302. The van der Waals surface area contributed by atoms with Crippen LogP contribution in [0.1, 0.15) is 32.5 Å². The van der Waals surface area contributed by atoms with Crippen LogP contribution < -0.4 is 5.73 Å². The number of rotatable bonds is 5. The lowest BCUT2D eigenvalue weighted by atomic mass is 9.96. The SMILES string of the molecule is CCC(C)C(N)CCc1nccn1C. The molecule has 2 atom stereocenters. The monoisotopic (exact) mass is 195 g/mol.